The van der Waals surface area contributed by atoms with Crippen molar-refractivity contribution in [2.45, 2.75) is 31.6 Å². The second-order valence-corrected chi connectivity index (χ2v) is 11.6. The summed E-state index contributed by atoms with van der Waals surface area (Å²) in [5.41, 5.74) is 5.03. The zero-order valence-electron chi connectivity index (χ0n) is 28.4. The minimum Gasteiger partial charge on any atom is -0.480 e. The highest BCUT2D eigenvalue weighted by Gasteiger charge is 2.30. The molecule has 4 aromatic rings. The molecule has 272 valence electrons. The molecular weight excluding hydrogens is 674 g/mol. The number of methoxy groups -OCH3 is 1. The maximum Gasteiger partial charge on any atom is 0.416 e. The molecule has 2 amide bonds. The maximum absolute atomic E-state index is 12.7. The molecule has 1 aliphatic rings. The van der Waals surface area contributed by atoms with Gasteiger partial charge in [0, 0.05) is 37.7 Å². The standard InChI is InChI=1S/C23H21NO3.C14H18N4O7/c1-26-16-24(17-9-3-2-4-10-17)23(25)27-15-22-20-13-7-5-11-18(20)19-12-6-8-14-21(19)22;19-13(16-9-14(20)21)4-2-1-3-7-15-11-6-5-10(17(22)23)8-12(11)18(24)25/h2-14,22H,15-16H2,1H3;5-6,8,15H,1-4,7,9H2,(H,16,19)(H,20,21). The van der Waals surface area contributed by atoms with Crippen LogP contribution in [-0.4, -0.2) is 66.5 Å². The smallest absolute Gasteiger partial charge is 0.416 e. The lowest BCUT2D eigenvalue weighted by atomic mass is 9.98. The second-order valence-electron chi connectivity index (χ2n) is 11.6. The minimum atomic E-state index is -1.11. The number of nitrogens with one attached hydrogen (secondary N) is 2. The molecule has 3 N–H and O–H groups in total. The highest BCUT2D eigenvalue weighted by atomic mass is 16.6. The van der Waals surface area contributed by atoms with Crippen LogP contribution in [0.4, 0.5) is 27.5 Å². The Bertz CT molecular complexity index is 1830. The quantitative estimate of drug-likeness (QED) is 0.0481. The van der Waals surface area contributed by atoms with Crippen LogP contribution in [0.1, 0.15) is 42.7 Å². The van der Waals surface area contributed by atoms with E-state index in [1.165, 1.54) is 39.3 Å². The number of hydrogen-bond acceptors (Lipinski definition) is 10. The van der Waals surface area contributed by atoms with Crippen molar-refractivity contribution in [3.63, 3.8) is 0 Å². The summed E-state index contributed by atoms with van der Waals surface area (Å²) in [5, 5.41) is 35.1. The van der Waals surface area contributed by atoms with Gasteiger partial charge in [0.05, 0.1) is 15.9 Å². The SMILES string of the molecule is COCN(C(=O)OCC1c2ccccc2-c2ccccc21)c1ccccc1.O=C(O)CNC(=O)CCCCCNc1ccc([N+](=O)[O-])cc1[N+](=O)[O-]. The topological polar surface area (TPSA) is 203 Å². The van der Waals surface area contributed by atoms with Gasteiger partial charge >= 0.3 is 12.1 Å². The lowest BCUT2D eigenvalue weighted by molar-refractivity contribution is -0.393. The number of carbonyl (C=O) groups excluding carboxylic acids is 2. The van der Waals surface area contributed by atoms with Crippen molar-refractivity contribution in [2.24, 2.45) is 0 Å². The summed E-state index contributed by atoms with van der Waals surface area (Å²) >= 11 is 0. The summed E-state index contributed by atoms with van der Waals surface area (Å²) in [6, 6.07) is 29.4. The summed E-state index contributed by atoms with van der Waals surface area (Å²) < 4.78 is 10.9. The molecule has 0 fully saturated rings. The van der Waals surface area contributed by atoms with Gasteiger partial charge in [-0.25, -0.2) is 4.79 Å². The number of carboxylic acid groups (broad SMARTS) is 1. The van der Waals surface area contributed by atoms with Crippen LogP contribution in [-0.2, 0) is 19.1 Å². The van der Waals surface area contributed by atoms with E-state index in [1.807, 2.05) is 54.6 Å². The van der Waals surface area contributed by atoms with Gasteiger partial charge in [0.1, 0.15) is 25.6 Å². The fraction of sp³-hybridized carbons (Fsp3) is 0.270. The molecule has 5 rings (SSSR count). The predicted molar refractivity (Wildman–Crippen MR) is 193 cm³/mol. The molecule has 4 aromatic carbocycles. The van der Waals surface area contributed by atoms with E-state index in [4.69, 9.17) is 14.6 Å². The van der Waals surface area contributed by atoms with E-state index in [2.05, 4.69) is 34.9 Å². The van der Waals surface area contributed by atoms with E-state index in [0.29, 0.717) is 32.4 Å². The van der Waals surface area contributed by atoms with Crippen LogP contribution in [0.3, 0.4) is 0 Å². The van der Waals surface area contributed by atoms with Crippen LogP contribution in [0.15, 0.2) is 97.1 Å². The van der Waals surface area contributed by atoms with Crippen molar-refractivity contribution in [3.05, 3.63) is 128 Å². The first kappa shape index (κ1) is 38.5. The molecule has 0 bridgehead atoms. The van der Waals surface area contributed by atoms with Gasteiger partial charge in [-0.1, -0.05) is 73.2 Å². The minimum absolute atomic E-state index is 0.0431. The van der Waals surface area contributed by atoms with Crippen LogP contribution in [0.5, 0.6) is 0 Å². The number of benzene rings is 4. The molecule has 0 aromatic heterocycles. The molecule has 0 heterocycles. The van der Waals surface area contributed by atoms with Crippen LogP contribution in [0, 0.1) is 20.2 Å². The fourth-order valence-electron chi connectivity index (χ4n) is 5.65. The number of anilines is 2. The number of fused-ring (bicyclic) bond motifs is 3. The van der Waals surface area contributed by atoms with Gasteiger partial charge in [-0.15, -0.1) is 0 Å². The number of rotatable bonds is 16. The third-order valence-electron chi connectivity index (χ3n) is 8.10. The molecule has 0 aliphatic heterocycles. The average molecular weight is 714 g/mol. The molecule has 0 saturated heterocycles. The van der Waals surface area contributed by atoms with Gasteiger partial charge in [-0.2, -0.15) is 0 Å². The fourth-order valence-corrected chi connectivity index (χ4v) is 5.65. The number of non-ortho nitro benzene ring substituents is 1. The van der Waals surface area contributed by atoms with Crippen LogP contribution in [0.25, 0.3) is 11.1 Å². The van der Waals surface area contributed by atoms with E-state index in [1.54, 1.807) is 7.11 Å². The number of carboxylic acids is 1. The number of para-hydroxylation sites is 1. The molecule has 15 nitrogen and oxygen atoms in total. The number of unbranched alkanes of at least 4 members (excludes halogenated alkanes) is 2. The highest BCUT2D eigenvalue weighted by molar-refractivity contribution is 5.87. The molecule has 0 atom stereocenters. The van der Waals surface area contributed by atoms with Gasteiger partial charge in [0.15, 0.2) is 0 Å². The summed E-state index contributed by atoms with van der Waals surface area (Å²) in [4.78, 5) is 56.0. The average Bonchev–Trinajstić information content (AvgIpc) is 3.47. The molecule has 1 aliphatic carbocycles. The first-order valence-corrected chi connectivity index (χ1v) is 16.4. The first-order chi connectivity index (χ1) is 25.1. The number of carbonyl (C=O) groups is 3. The van der Waals surface area contributed by atoms with Gasteiger partial charge in [0.2, 0.25) is 5.91 Å². The highest BCUT2D eigenvalue weighted by Crippen LogP contribution is 2.44. The third-order valence-corrected chi connectivity index (χ3v) is 8.10. The van der Waals surface area contributed by atoms with Crippen LogP contribution in [0.2, 0.25) is 0 Å². The van der Waals surface area contributed by atoms with Crippen molar-refractivity contribution in [1.82, 2.24) is 5.32 Å². The van der Waals surface area contributed by atoms with E-state index in [-0.39, 0.29) is 42.0 Å². The lowest BCUT2D eigenvalue weighted by Crippen LogP contribution is -2.34. The van der Waals surface area contributed by atoms with E-state index >= 15 is 0 Å². The van der Waals surface area contributed by atoms with Gasteiger partial charge in [-0.05, 0) is 53.3 Å². The van der Waals surface area contributed by atoms with Crippen molar-refractivity contribution in [3.8, 4) is 11.1 Å². The Balaban J connectivity index is 0.000000234. The molecular formula is C37H39N5O10. The third kappa shape index (κ3) is 10.6. The summed E-state index contributed by atoms with van der Waals surface area (Å²) in [7, 11) is 1.56. The summed E-state index contributed by atoms with van der Waals surface area (Å²) in [6.45, 7) is 0.417. The number of nitrogens with zero attached hydrogens (tertiary/aromatic N) is 3. The Labute approximate surface area is 299 Å². The Hall–Kier alpha value is -6.35. The van der Waals surface area contributed by atoms with Crippen molar-refractivity contribution >= 4 is 40.7 Å². The predicted octanol–water partition coefficient (Wildman–Crippen LogP) is 6.72. The molecule has 0 spiro atoms. The van der Waals surface area contributed by atoms with Crippen molar-refractivity contribution in [1.29, 1.82) is 0 Å². The van der Waals surface area contributed by atoms with Gasteiger partial charge < -0.3 is 25.2 Å². The largest absolute Gasteiger partial charge is 0.480 e. The molecule has 15 heteroatoms. The Morgan fingerprint density at radius 3 is 2.06 bits per heavy atom. The number of hydrogen-bond donors (Lipinski definition) is 3. The number of amides is 2. The molecule has 0 radical (unpaired) electrons. The van der Waals surface area contributed by atoms with Crippen LogP contribution >= 0.6 is 0 Å². The number of ether oxygens (including phenoxy) is 2. The Kier molecular flexibility index (Phi) is 14.2. The van der Waals surface area contributed by atoms with Gasteiger partial charge in [-0.3, -0.25) is 34.7 Å². The summed E-state index contributed by atoms with van der Waals surface area (Å²) in [5.74, 6) is -1.41. The van der Waals surface area contributed by atoms with E-state index in [0.717, 1.165) is 11.8 Å². The number of nitro benzene ring substituents is 2. The Morgan fingerprint density at radius 1 is 0.827 bits per heavy atom. The second kappa shape index (κ2) is 19.2. The summed E-state index contributed by atoms with van der Waals surface area (Å²) in [6.07, 6.45) is 1.62. The normalized spacial score (nSPS) is 11.2. The monoisotopic (exact) mass is 713 g/mol. The lowest BCUT2D eigenvalue weighted by Gasteiger charge is -2.22. The maximum atomic E-state index is 12.7. The number of nitro groups is 2. The van der Waals surface area contributed by atoms with Crippen molar-refractivity contribution < 1.29 is 38.8 Å². The molecule has 0 saturated carbocycles. The zero-order valence-corrected chi connectivity index (χ0v) is 28.4. The van der Waals surface area contributed by atoms with Crippen molar-refractivity contribution in [2.75, 3.05) is 43.8 Å². The van der Waals surface area contributed by atoms with Crippen LogP contribution < -0.4 is 15.5 Å². The Morgan fingerprint density at radius 2 is 1.46 bits per heavy atom. The zero-order chi connectivity index (χ0) is 37.5. The first-order valence-electron chi connectivity index (χ1n) is 16.4. The molecule has 52 heavy (non-hydrogen) atoms. The number of aliphatic carboxylic acids is 1. The van der Waals surface area contributed by atoms with E-state index in [9.17, 15) is 34.6 Å². The van der Waals surface area contributed by atoms with E-state index < -0.39 is 28.5 Å². The molecule has 0 unspecified atom stereocenters. The van der Waals surface area contributed by atoms with Gasteiger partial charge in [0.25, 0.3) is 11.4 Å².